The molecule has 0 saturated heterocycles. The van der Waals surface area contributed by atoms with E-state index >= 15 is 0 Å². The fourth-order valence-electron chi connectivity index (χ4n) is 1.93. The summed E-state index contributed by atoms with van der Waals surface area (Å²) in [5.74, 6) is 0.996. The van der Waals surface area contributed by atoms with Crippen LogP contribution in [0.25, 0.3) is 10.8 Å². The number of likely N-dealkylation sites (N-methyl/N-ethyl adjacent to an activating group) is 1. The lowest BCUT2D eigenvalue weighted by Crippen LogP contribution is -2.33. The first-order chi connectivity index (χ1) is 7.68. The van der Waals surface area contributed by atoms with E-state index in [0.717, 1.165) is 12.4 Å². The quantitative estimate of drug-likeness (QED) is 0.851. The maximum Gasteiger partial charge on any atom is 0.136 e. The molecule has 2 rings (SSSR count). The lowest BCUT2D eigenvalue weighted by atomic mass is 10.1. The Kier molecular flexibility index (Phi) is 3.06. The van der Waals surface area contributed by atoms with E-state index in [9.17, 15) is 0 Å². The van der Waals surface area contributed by atoms with Gasteiger partial charge in [0, 0.05) is 31.2 Å². The van der Waals surface area contributed by atoms with Crippen LogP contribution in [-0.4, -0.2) is 24.6 Å². The molecule has 1 atom stereocenters. The van der Waals surface area contributed by atoms with E-state index in [1.807, 2.05) is 38.4 Å². The zero-order valence-corrected chi connectivity index (χ0v) is 9.72. The smallest absolute Gasteiger partial charge is 0.136 e. The molecule has 0 radical (unpaired) electrons. The van der Waals surface area contributed by atoms with Crippen LogP contribution in [0.1, 0.15) is 6.92 Å². The molecule has 1 heterocycles. The number of pyridine rings is 1. The minimum Gasteiger partial charge on any atom is -0.358 e. The Labute approximate surface area is 95.9 Å². The Morgan fingerprint density at radius 3 is 2.81 bits per heavy atom. The Hall–Kier alpha value is -1.61. The number of hydrogen-bond acceptors (Lipinski definition) is 3. The van der Waals surface area contributed by atoms with Gasteiger partial charge in [-0.15, -0.1) is 0 Å². The highest BCUT2D eigenvalue weighted by atomic mass is 15.2. The van der Waals surface area contributed by atoms with Crippen LogP contribution < -0.4 is 10.6 Å². The Balaban J connectivity index is 2.44. The molecular weight excluding hydrogens is 198 g/mol. The summed E-state index contributed by atoms with van der Waals surface area (Å²) in [5.41, 5.74) is 5.81. The van der Waals surface area contributed by atoms with Crippen molar-refractivity contribution in [3.05, 3.63) is 36.5 Å². The number of hydrogen-bond donors (Lipinski definition) is 1. The van der Waals surface area contributed by atoms with Gasteiger partial charge in [0.15, 0.2) is 0 Å². The maximum absolute atomic E-state index is 5.81. The molecule has 1 aromatic carbocycles. The molecule has 3 heteroatoms. The van der Waals surface area contributed by atoms with Crippen molar-refractivity contribution in [1.82, 2.24) is 4.98 Å². The lowest BCUT2D eigenvalue weighted by Gasteiger charge is -2.21. The van der Waals surface area contributed by atoms with Crippen LogP contribution in [0.3, 0.4) is 0 Å². The average molecular weight is 215 g/mol. The highest BCUT2D eigenvalue weighted by molar-refractivity contribution is 5.91. The van der Waals surface area contributed by atoms with Gasteiger partial charge in [0.25, 0.3) is 0 Å². The zero-order valence-electron chi connectivity index (χ0n) is 9.72. The molecule has 0 spiro atoms. The van der Waals surface area contributed by atoms with E-state index in [0.29, 0.717) is 0 Å². The zero-order chi connectivity index (χ0) is 11.5. The van der Waals surface area contributed by atoms with Crippen molar-refractivity contribution in [3.63, 3.8) is 0 Å². The molecule has 1 unspecified atom stereocenters. The molecule has 3 nitrogen and oxygen atoms in total. The van der Waals surface area contributed by atoms with Gasteiger partial charge in [-0.05, 0) is 18.4 Å². The number of aromatic nitrogens is 1. The summed E-state index contributed by atoms with van der Waals surface area (Å²) in [6.45, 7) is 2.81. The van der Waals surface area contributed by atoms with Crippen LogP contribution in [-0.2, 0) is 0 Å². The molecule has 0 aliphatic rings. The summed E-state index contributed by atoms with van der Waals surface area (Å²) in [5, 5.41) is 2.39. The van der Waals surface area contributed by atoms with Gasteiger partial charge in [-0.2, -0.15) is 0 Å². The van der Waals surface area contributed by atoms with Gasteiger partial charge >= 0.3 is 0 Å². The fraction of sp³-hybridized carbons (Fsp3) is 0.308. The normalized spacial score (nSPS) is 12.7. The van der Waals surface area contributed by atoms with E-state index in [4.69, 9.17) is 5.73 Å². The molecular formula is C13H17N3. The number of rotatable bonds is 3. The van der Waals surface area contributed by atoms with E-state index < -0.39 is 0 Å². The molecule has 0 aliphatic heterocycles. The molecule has 2 N–H and O–H groups in total. The summed E-state index contributed by atoms with van der Waals surface area (Å²) in [6.07, 6.45) is 1.84. The first kappa shape index (κ1) is 10.9. The van der Waals surface area contributed by atoms with Crippen LogP contribution in [0, 0.1) is 0 Å². The number of anilines is 1. The topological polar surface area (TPSA) is 42.1 Å². The fourth-order valence-corrected chi connectivity index (χ4v) is 1.93. The van der Waals surface area contributed by atoms with Gasteiger partial charge in [-0.1, -0.05) is 24.3 Å². The van der Waals surface area contributed by atoms with Crippen LogP contribution >= 0.6 is 0 Å². The van der Waals surface area contributed by atoms with Gasteiger partial charge in [-0.3, -0.25) is 0 Å². The largest absolute Gasteiger partial charge is 0.358 e. The second-order valence-corrected chi connectivity index (χ2v) is 4.21. The van der Waals surface area contributed by atoms with Crippen molar-refractivity contribution >= 4 is 16.6 Å². The number of benzene rings is 1. The first-order valence-corrected chi connectivity index (χ1v) is 5.49. The predicted molar refractivity (Wildman–Crippen MR) is 68.7 cm³/mol. The van der Waals surface area contributed by atoms with Gasteiger partial charge in [0.2, 0.25) is 0 Å². The third kappa shape index (κ3) is 2.14. The molecule has 16 heavy (non-hydrogen) atoms. The van der Waals surface area contributed by atoms with Gasteiger partial charge < -0.3 is 10.6 Å². The molecule has 0 fully saturated rings. The molecule has 2 aromatic rings. The lowest BCUT2D eigenvalue weighted by molar-refractivity contribution is 0.714. The van der Waals surface area contributed by atoms with E-state index in [1.54, 1.807) is 0 Å². The summed E-state index contributed by atoms with van der Waals surface area (Å²) >= 11 is 0. The summed E-state index contributed by atoms with van der Waals surface area (Å²) < 4.78 is 0. The molecule has 84 valence electrons. The molecule has 0 amide bonds. The van der Waals surface area contributed by atoms with Crippen LogP contribution in [0.4, 0.5) is 5.82 Å². The number of nitrogens with zero attached hydrogens (tertiary/aromatic N) is 2. The highest BCUT2D eigenvalue weighted by Crippen LogP contribution is 2.22. The predicted octanol–water partition coefficient (Wildman–Crippen LogP) is 2.02. The maximum atomic E-state index is 5.81. The summed E-state index contributed by atoms with van der Waals surface area (Å²) in [6, 6.07) is 10.4. The van der Waals surface area contributed by atoms with Crippen molar-refractivity contribution in [2.45, 2.75) is 13.0 Å². The third-order valence-corrected chi connectivity index (χ3v) is 2.58. The van der Waals surface area contributed by atoms with E-state index in [2.05, 4.69) is 22.0 Å². The Bertz CT molecular complexity index is 474. The van der Waals surface area contributed by atoms with Crippen molar-refractivity contribution in [3.8, 4) is 0 Å². The van der Waals surface area contributed by atoms with Gasteiger partial charge in [0.1, 0.15) is 5.82 Å². The van der Waals surface area contributed by atoms with Gasteiger partial charge in [0.05, 0.1) is 0 Å². The minimum atomic E-state index is 0.144. The second-order valence-electron chi connectivity index (χ2n) is 4.21. The van der Waals surface area contributed by atoms with Crippen LogP contribution in [0.5, 0.6) is 0 Å². The highest BCUT2D eigenvalue weighted by Gasteiger charge is 2.08. The van der Waals surface area contributed by atoms with Crippen molar-refractivity contribution < 1.29 is 0 Å². The Morgan fingerprint density at radius 2 is 2.06 bits per heavy atom. The van der Waals surface area contributed by atoms with Crippen LogP contribution in [0.2, 0.25) is 0 Å². The van der Waals surface area contributed by atoms with Crippen molar-refractivity contribution in [2.24, 2.45) is 5.73 Å². The SMILES string of the molecule is CC(N)CN(C)c1nccc2ccccc12. The molecule has 0 saturated carbocycles. The monoisotopic (exact) mass is 215 g/mol. The second kappa shape index (κ2) is 4.49. The molecule has 0 bridgehead atoms. The first-order valence-electron chi connectivity index (χ1n) is 5.49. The van der Waals surface area contributed by atoms with Crippen LogP contribution in [0.15, 0.2) is 36.5 Å². The van der Waals surface area contributed by atoms with Crippen molar-refractivity contribution in [1.29, 1.82) is 0 Å². The van der Waals surface area contributed by atoms with E-state index in [1.165, 1.54) is 10.8 Å². The third-order valence-electron chi connectivity index (χ3n) is 2.58. The molecule has 0 aliphatic carbocycles. The Morgan fingerprint density at radius 1 is 1.31 bits per heavy atom. The number of fused-ring (bicyclic) bond motifs is 1. The van der Waals surface area contributed by atoms with Gasteiger partial charge in [-0.25, -0.2) is 4.98 Å². The summed E-state index contributed by atoms with van der Waals surface area (Å²) in [7, 11) is 2.03. The molecule has 1 aromatic heterocycles. The average Bonchev–Trinajstić information content (AvgIpc) is 2.27. The minimum absolute atomic E-state index is 0.144. The standard InChI is InChI=1S/C13H17N3/c1-10(14)9-16(2)13-12-6-4-3-5-11(12)7-8-15-13/h3-8,10H,9,14H2,1-2H3. The van der Waals surface area contributed by atoms with E-state index in [-0.39, 0.29) is 6.04 Å². The van der Waals surface area contributed by atoms with Crippen molar-refractivity contribution in [2.75, 3.05) is 18.5 Å². The summed E-state index contributed by atoms with van der Waals surface area (Å²) in [4.78, 5) is 6.53. The number of nitrogens with two attached hydrogens (primary N) is 1.